The van der Waals surface area contributed by atoms with Crippen LogP contribution in [0.4, 0.5) is 4.39 Å². The summed E-state index contributed by atoms with van der Waals surface area (Å²) in [5, 5.41) is 0. The highest BCUT2D eigenvalue weighted by Gasteiger charge is 1.97. The molecule has 0 aromatic heterocycles. The van der Waals surface area contributed by atoms with Crippen molar-refractivity contribution in [3.05, 3.63) is 35.1 Å². The summed E-state index contributed by atoms with van der Waals surface area (Å²) in [7, 11) is 0. The molecule has 0 aliphatic carbocycles. The minimum atomic E-state index is -0.572. The number of benzene rings is 1. The first kappa shape index (κ1) is 7.60. The fourth-order valence-electron chi connectivity index (χ4n) is 0.772. The molecule has 0 spiro atoms. The van der Waals surface area contributed by atoms with Crippen molar-refractivity contribution in [2.45, 2.75) is 0 Å². The third kappa shape index (κ3) is 1.70. The minimum Gasteiger partial charge on any atom is -0.298 e. The summed E-state index contributed by atoms with van der Waals surface area (Å²) in [5.41, 5.74) is 0.346. The van der Waals surface area contributed by atoms with Crippen LogP contribution in [0.2, 0.25) is 0 Å². The summed E-state index contributed by atoms with van der Waals surface area (Å²) in [5.74, 6) is -0.572. The lowest BCUT2D eigenvalue weighted by atomic mass is 10.1. The van der Waals surface area contributed by atoms with Gasteiger partial charge in [-0.1, -0.05) is 0 Å². The maximum absolute atomic E-state index is 12.5. The number of hydrogen-bond acceptors (Lipinski definition) is 2. The lowest BCUT2D eigenvalue weighted by Crippen LogP contribution is -1.87. The molecular formula is C8H5FO2. The molecule has 0 fully saturated rings. The number of carbonyl (C=O) groups excluding carboxylic acids is 2. The van der Waals surface area contributed by atoms with E-state index in [1.807, 2.05) is 0 Å². The molecule has 11 heavy (non-hydrogen) atoms. The van der Waals surface area contributed by atoms with Crippen LogP contribution in [-0.4, -0.2) is 12.6 Å². The van der Waals surface area contributed by atoms with E-state index in [9.17, 15) is 14.0 Å². The van der Waals surface area contributed by atoms with Gasteiger partial charge in [-0.2, -0.15) is 0 Å². The van der Waals surface area contributed by atoms with Gasteiger partial charge in [0.25, 0.3) is 0 Å². The summed E-state index contributed by atoms with van der Waals surface area (Å²) in [6.45, 7) is 0. The van der Waals surface area contributed by atoms with Crippen LogP contribution in [0.25, 0.3) is 0 Å². The van der Waals surface area contributed by atoms with Gasteiger partial charge in [0, 0.05) is 11.1 Å². The molecule has 0 radical (unpaired) electrons. The average Bonchev–Trinajstić information content (AvgIpc) is 2.03. The van der Waals surface area contributed by atoms with Crippen LogP contribution in [0.1, 0.15) is 20.7 Å². The molecule has 56 valence electrons. The first-order valence-corrected chi connectivity index (χ1v) is 2.97. The van der Waals surface area contributed by atoms with Gasteiger partial charge in [-0.25, -0.2) is 4.39 Å². The van der Waals surface area contributed by atoms with Gasteiger partial charge >= 0.3 is 0 Å². The number of rotatable bonds is 2. The molecule has 0 N–H and O–H groups in total. The van der Waals surface area contributed by atoms with Gasteiger partial charge in [-0.15, -0.1) is 0 Å². The van der Waals surface area contributed by atoms with E-state index in [1.54, 1.807) is 0 Å². The van der Waals surface area contributed by atoms with E-state index in [2.05, 4.69) is 0 Å². The van der Waals surface area contributed by atoms with Crippen molar-refractivity contribution in [1.82, 2.24) is 0 Å². The molecule has 2 nitrogen and oxygen atoms in total. The summed E-state index contributed by atoms with van der Waals surface area (Å²) in [6, 6.07) is 3.46. The smallest absolute Gasteiger partial charge is 0.150 e. The Bertz CT molecular complexity index is 268. The zero-order valence-electron chi connectivity index (χ0n) is 5.58. The zero-order valence-corrected chi connectivity index (χ0v) is 5.58. The first-order valence-electron chi connectivity index (χ1n) is 2.97. The molecule has 0 unspecified atom stereocenters. The van der Waals surface area contributed by atoms with E-state index in [4.69, 9.17) is 0 Å². The lowest BCUT2D eigenvalue weighted by Gasteiger charge is -1.92. The molecule has 0 aliphatic rings. The molecule has 1 aromatic carbocycles. The fraction of sp³-hybridized carbons (Fsp3) is 0. The molecule has 1 rings (SSSR count). The number of hydrogen-bond donors (Lipinski definition) is 0. The molecule has 3 heteroatoms. The van der Waals surface area contributed by atoms with E-state index in [0.717, 1.165) is 12.1 Å². The monoisotopic (exact) mass is 152 g/mol. The highest BCUT2D eigenvalue weighted by molar-refractivity contribution is 5.81. The van der Waals surface area contributed by atoms with Gasteiger partial charge in [-0.3, -0.25) is 9.59 Å². The van der Waals surface area contributed by atoms with E-state index >= 15 is 0 Å². The fourth-order valence-corrected chi connectivity index (χ4v) is 0.772. The van der Waals surface area contributed by atoms with Gasteiger partial charge in [0.05, 0.1) is 0 Å². The molecule has 0 heterocycles. The highest BCUT2D eigenvalue weighted by atomic mass is 19.1. The Balaban J connectivity index is 3.21. The minimum absolute atomic E-state index is 0.173. The third-order valence-electron chi connectivity index (χ3n) is 1.21. The second-order valence-electron chi connectivity index (χ2n) is 2.05. The van der Waals surface area contributed by atoms with Crippen LogP contribution < -0.4 is 0 Å². The summed E-state index contributed by atoms with van der Waals surface area (Å²) in [4.78, 5) is 20.3. The van der Waals surface area contributed by atoms with Crippen LogP contribution >= 0.6 is 0 Å². The largest absolute Gasteiger partial charge is 0.298 e. The van der Waals surface area contributed by atoms with Crippen molar-refractivity contribution < 1.29 is 14.0 Å². The number of halogens is 1. The Morgan fingerprint density at radius 1 is 1.00 bits per heavy atom. The molecule has 0 saturated heterocycles. The zero-order chi connectivity index (χ0) is 8.27. The standard InChI is InChI=1S/C8H5FO2/c9-8-2-6(4-10)1-7(3-8)5-11/h1-5H. The van der Waals surface area contributed by atoms with Crippen molar-refractivity contribution in [3.8, 4) is 0 Å². The average molecular weight is 152 g/mol. The maximum atomic E-state index is 12.5. The van der Waals surface area contributed by atoms with Crippen LogP contribution in [-0.2, 0) is 0 Å². The molecule has 0 bridgehead atoms. The van der Waals surface area contributed by atoms with E-state index < -0.39 is 5.82 Å². The first-order chi connectivity index (χ1) is 5.26. The number of carbonyl (C=O) groups is 2. The topological polar surface area (TPSA) is 34.1 Å². The summed E-state index contributed by atoms with van der Waals surface area (Å²) < 4.78 is 12.5. The lowest BCUT2D eigenvalue weighted by molar-refractivity contribution is 0.112. The maximum Gasteiger partial charge on any atom is 0.150 e. The van der Waals surface area contributed by atoms with Gasteiger partial charge in [0.2, 0.25) is 0 Å². The SMILES string of the molecule is O=Cc1cc(F)cc(C=O)c1. The van der Waals surface area contributed by atoms with Gasteiger partial charge in [-0.05, 0) is 18.2 Å². The van der Waals surface area contributed by atoms with E-state index in [-0.39, 0.29) is 11.1 Å². The summed E-state index contributed by atoms with van der Waals surface area (Å²) >= 11 is 0. The summed E-state index contributed by atoms with van der Waals surface area (Å²) in [6.07, 6.45) is 0.992. The molecule has 0 amide bonds. The Labute approximate surface area is 62.6 Å². The van der Waals surface area contributed by atoms with Gasteiger partial charge in [0.15, 0.2) is 0 Å². The Kier molecular flexibility index (Phi) is 2.11. The predicted molar refractivity (Wildman–Crippen MR) is 37.2 cm³/mol. The molecule has 1 aromatic rings. The Hall–Kier alpha value is -1.51. The highest BCUT2D eigenvalue weighted by Crippen LogP contribution is 2.04. The quantitative estimate of drug-likeness (QED) is 0.601. The number of aldehydes is 2. The van der Waals surface area contributed by atoms with Crippen molar-refractivity contribution >= 4 is 12.6 Å². The normalized spacial score (nSPS) is 9.18. The van der Waals surface area contributed by atoms with E-state index in [0.29, 0.717) is 12.6 Å². The van der Waals surface area contributed by atoms with Gasteiger partial charge in [0.1, 0.15) is 18.4 Å². The van der Waals surface area contributed by atoms with Crippen LogP contribution in [0.5, 0.6) is 0 Å². The van der Waals surface area contributed by atoms with Crippen molar-refractivity contribution in [2.75, 3.05) is 0 Å². The van der Waals surface area contributed by atoms with Crippen molar-refractivity contribution in [1.29, 1.82) is 0 Å². The van der Waals surface area contributed by atoms with Crippen LogP contribution in [0.3, 0.4) is 0 Å². The van der Waals surface area contributed by atoms with Crippen molar-refractivity contribution in [3.63, 3.8) is 0 Å². The third-order valence-corrected chi connectivity index (χ3v) is 1.21. The Morgan fingerprint density at radius 2 is 1.45 bits per heavy atom. The van der Waals surface area contributed by atoms with Crippen molar-refractivity contribution in [2.24, 2.45) is 0 Å². The predicted octanol–water partition coefficient (Wildman–Crippen LogP) is 1.45. The molecule has 0 aliphatic heterocycles. The molecular weight excluding hydrogens is 147 g/mol. The Morgan fingerprint density at radius 3 is 1.82 bits per heavy atom. The second kappa shape index (κ2) is 3.05. The van der Waals surface area contributed by atoms with Gasteiger partial charge < -0.3 is 0 Å². The van der Waals surface area contributed by atoms with E-state index in [1.165, 1.54) is 6.07 Å². The van der Waals surface area contributed by atoms with Crippen LogP contribution in [0.15, 0.2) is 18.2 Å². The van der Waals surface area contributed by atoms with Crippen LogP contribution in [0, 0.1) is 5.82 Å². The molecule has 0 saturated carbocycles. The molecule has 0 atom stereocenters. The second-order valence-corrected chi connectivity index (χ2v) is 2.05.